The third kappa shape index (κ3) is 2.33. The summed E-state index contributed by atoms with van der Waals surface area (Å²) in [7, 11) is 0. The molecule has 0 saturated carbocycles. The van der Waals surface area contributed by atoms with Gasteiger partial charge in [0.25, 0.3) is 0 Å². The van der Waals surface area contributed by atoms with Crippen molar-refractivity contribution in [1.82, 2.24) is 20.0 Å². The first-order valence-corrected chi connectivity index (χ1v) is 6.24. The first-order chi connectivity index (χ1) is 9.24. The molecule has 6 heteroatoms. The number of aromatic nitrogens is 3. The number of pyridine rings is 1. The minimum Gasteiger partial charge on any atom is -0.342 e. The summed E-state index contributed by atoms with van der Waals surface area (Å²) in [5, 5.41) is 3.95. The number of rotatable bonds is 2. The first kappa shape index (κ1) is 11.8. The summed E-state index contributed by atoms with van der Waals surface area (Å²) in [5.41, 5.74) is 0.693. The molecule has 1 amide bonds. The zero-order chi connectivity index (χ0) is 13.2. The molecule has 2 aromatic rings. The Morgan fingerprint density at radius 3 is 3.05 bits per heavy atom. The minimum atomic E-state index is 0.0898. The number of hydrogen-bond acceptors (Lipinski definition) is 5. The Hall–Kier alpha value is -2.24. The van der Waals surface area contributed by atoms with Gasteiger partial charge in [-0.3, -0.25) is 9.78 Å². The molecular weight excluding hydrogens is 244 g/mol. The van der Waals surface area contributed by atoms with Crippen LogP contribution in [0.1, 0.15) is 25.2 Å². The van der Waals surface area contributed by atoms with Gasteiger partial charge >= 0.3 is 0 Å². The smallest absolute Gasteiger partial charge is 0.231 e. The van der Waals surface area contributed by atoms with Crippen LogP contribution in [-0.2, 0) is 4.79 Å². The molecule has 1 atom stereocenters. The Kier molecular flexibility index (Phi) is 2.98. The van der Waals surface area contributed by atoms with E-state index in [1.54, 1.807) is 18.0 Å². The third-order valence-corrected chi connectivity index (χ3v) is 3.32. The van der Waals surface area contributed by atoms with Crippen molar-refractivity contribution in [3.8, 4) is 11.5 Å². The lowest BCUT2D eigenvalue weighted by molar-refractivity contribution is -0.127. The molecule has 1 fully saturated rings. The quantitative estimate of drug-likeness (QED) is 0.815. The van der Waals surface area contributed by atoms with Gasteiger partial charge in [0, 0.05) is 26.2 Å². The summed E-state index contributed by atoms with van der Waals surface area (Å²) in [6.45, 7) is 2.98. The molecule has 0 N–H and O–H groups in total. The summed E-state index contributed by atoms with van der Waals surface area (Å²) in [4.78, 5) is 21.7. The highest BCUT2D eigenvalue weighted by molar-refractivity contribution is 5.73. The lowest BCUT2D eigenvalue weighted by atomic mass is 10.1. The number of carbonyl (C=O) groups is 1. The normalized spacial score (nSPS) is 18.8. The Labute approximate surface area is 110 Å². The van der Waals surface area contributed by atoms with Crippen LogP contribution >= 0.6 is 0 Å². The molecule has 1 saturated heterocycles. The van der Waals surface area contributed by atoms with Gasteiger partial charge in [0.15, 0.2) is 0 Å². The zero-order valence-corrected chi connectivity index (χ0v) is 10.6. The van der Waals surface area contributed by atoms with Crippen LogP contribution in [-0.4, -0.2) is 39.0 Å². The van der Waals surface area contributed by atoms with Gasteiger partial charge in [-0.1, -0.05) is 11.2 Å². The van der Waals surface area contributed by atoms with Gasteiger partial charge in [-0.2, -0.15) is 4.98 Å². The van der Waals surface area contributed by atoms with E-state index in [0.717, 1.165) is 13.0 Å². The van der Waals surface area contributed by atoms with E-state index < -0.39 is 0 Å². The molecular formula is C13H14N4O2. The fourth-order valence-corrected chi connectivity index (χ4v) is 2.25. The average Bonchev–Trinajstić information content (AvgIpc) is 3.09. The van der Waals surface area contributed by atoms with E-state index in [0.29, 0.717) is 24.0 Å². The number of hydrogen-bond donors (Lipinski definition) is 0. The van der Waals surface area contributed by atoms with E-state index in [-0.39, 0.29) is 11.8 Å². The predicted molar refractivity (Wildman–Crippen MR) is 67.1 cm³/mol. The molecule has 1 aliphatic heterocycles. The van der Waals surface area contributed by atoms with Crippen LogP contribution in [0, 0.1) is 0 Å². The maximum atomic E-state index is 11.3. The summed E-state index contributed by atoms with van der Waals surface area (Å²) >= 11 is 0. The van der Waals surface area contributed by atoms with Gasteiger partial charge in [-0.15, -0.1) is 0 Å². The second kappa shape index (κ2) is 4.79. The average molecular weight is 258 g/mol. The molecule has 0 unspecified atom stereocenters. The molecule has 19 heavy (non-hydrogen) atoms. The first-order valence-electron chi connectivity index (χ1n) is 6.24. The number of likely N-dealkylation sites (tertiary alicyclic amines) is 1. The number of carbonyl (C=O) groups excluding carboxylic acids is 1. The zero-order valence-electron chi connectivity index (χ0n) is 10.6. The molecule has 98 valence electrons. The highest BCUT2D eigenvalue weighted by Gasteiger charge is 2.29. The molecule has 0 aliphatic carbocycles. The monoisotopic (exact) mass is 258 g/mol. The van der Waals surface area contributed by atoms with Crippen molar-refractivity contribution < 1.29 is 9.32 Å². The van der Waals surface area contributed by atoms with Crippen LogP contribution in [0.2, 0.25) is 0 Å². The van der Waals surface area contributed by atoms with Crippen molar-refractivity contribution in [1.29, 1.82) is 0 Å². The van der Waals surface area contributed by atoms with Crippen LogP contribution in [0.4, 0.5) is 0 Å². The summed E-state index contributed by atoms with van der Waals surface area (Å²) in [6.07, 6.45) is 2.56. The van der Waals surface area contributed by atoms with E-state index in [9.17, 15) is 4.79 Å². The Balaban J connectivity index is 1.78. The Morgan fingerprint density at radius 2 is 2.37 bits per heavy atom. The number of amides is 1. The van der Waals surface area contributed by atoms with Gasteiger partial charge in [-0.05, 0) is 18.6 Å². The van der Waals surface area contributed by atoms with Crippen molar-refractivity contribution in [3.63, 3.8) is 0 Å². The number of nitrogens with zero attached hydrogens (tertiary/aromatic N) is 4. The van der Waals surface area contributed by atoms with E-state index in [1.807, 2.05) is 18.2 Å². The van der Waals surface area contributed by atoms with E-state index >= 15 is 0 Å². The van der Waals surface area contributed by atoms with Crippen molar-refractivity contribution in [2.45, 2.75) is 19.3 Å². The second-order valence-electron chi connectivity index (χ2n) is 4.62. The lowest BCUT2D eigenvalue weighted by Crippen LogP contribution is -2.25. The lowest BCUT2D eigenvalue weighted by Gasteiger charge is -2.11. The van der Waals surface area contributed by atoms with Crippen LogP contribution in [0.15, 0.2) is 28.9 Å². The largest absolute Gasteiger partial charge is 0.342 e. The van der Waals surface area contributed by atoms with E-state index in [2.05, 4.69) is 15.1 Å². The highest BCUT2D eigenvalue weighted by Crippen LogP contribution is 2.27. The van der Waals surface area contributed by atoms with Crippen molar-refractivity contribution in [2.24, 2.45) is 0 Å². The Morgan fingerprint density at radius 1 is 1.47 bits per heavy atom. The summed E-state index contributed by atoms with van der Waals surface area (Å²) < 4.78 is 5.29. The summed E-state index contributed by atoms with van der Waals surface area (Å²) in [6, 6.07) is 5.56. The maximum absolute atomic E-state index is 11.3. The standard InChI is InChI=1S/C13H14N4O2/c1-9(18)17-7-5-10(8-17)13-15-12(16-19-13)11-4-2-3-6-14-11/h2-4,6,10H,5,7-8H2,1H3/t10-/m0/s1. The predicted octanol–water partition coefficient (Wildman–Crippen LogP) is 1.47. The fraction of sp³-hybridized carbons (Fsp3) is 0.385. The molecule has 2 aromatic heterocycles. The molecule has 0 radical (unpaired) electrons. The fourth-order valence-electron chi connectivity index (χ4n) is 2.25. The van der Waals surface area contributed by atoms with Gasteiger partial charge in [0.1, 0.15) is 5.69 Å². The summed E-state index contributed by atoms with van der Waals surface area (Å²) in [5.74, 6) is 1.31. The van der Waals surface area contributed by atoms with Gasteiger partial charge < -0.3 is 9.42 Å². The van der Waals surface area contributed by atoms with Crippen molar-refractivity contribution >= 4 is 5.91 Å². The van der Waals surface area contributed by atoms with Crippen LogP contribution < -0.4 is 0 Å². The van der Waals surface area contributed by atoms with Crippen LogP contribution in [0.3, 0.4) is 0 Å². The van der Waals surface area contributed by atoms with Gasteiger partial charge in [0.2, 0.25) is 17.6 Å². The highest BCUT2D eigenvalue weighted by atomic mass is 16.5. The van der Waals surface area contributed by atoms with Crippen molar-refractivity contribution in [3.05, 3.63) is 30.3 Å². The molecule has 3 heterocycles. The second-order valence-corrected chi connectivity index (χ2v) is 4.62. The third-order valence-electron chi connectivity index (χ3n) is 3.32. The Bertz CT molecular complexity index is 581. The van der Waals surface area contributed by atoms with Crippen LogP contribution in [0.25, 0.3) is 11.5 Å². The molecule has 0 spiro atoms. The van der Waals surface area contributed by atoms with Crippen LogP contribution in [0.5, 0.6) is 0 Å². The molecule has 0 aromatic carbocycles. The van der Waals surface area contributed by atoms with E-state index in [1.165, 1.54) is 0 Å². The maximum Gasteiger partial charge on any atom is 0.231 e. The van der Waals surface area contributed by atoms with E-state index in [4.69, 9.17) is 4.52 Å². The molecule has 1 aliphatic rings. The molecule has 3 rings (SSSR count). The topological polar surface area (TPSA) is 72.1 Å². The van der Waals surface area contributed by atoms with Gasteiger partial charge in [0.05, 0.1) is 5.92 Å². The molecule has 6 nitrogen and oxygen atoms in total. The minimum absolute atomic E-state index is 0.0898. The SMILES string of the molecule is CC(=O)N1CC[C@H](c2nc(-c3ccccn3)no2)C1. The van der Waals surface area contributed by atoms with Gasteiger partial charge in [-0.25, -0.2) is 0 Å². The van der Waals surface area contributed by atoms with Crippen molar-refractivity contribution in [2.75, 3.05) is 13.1 Å². The molecule has 0 bridgehead atoms.